The maximum atomic E-state index is 12.0. The molecule has 1 atom stereocenters. The van der Waals surface area contributed by atoms with E-state index in [2.05, 4.69) is 0 Å². The molecule has 0 saturated heterocycles. The van der Waals surface area contributed by atoms with Crippen LogP contribution in [0.2, 0.25) is 0 Å². The average molecular weight is 246 g/mol. The van der Waals surface area contributed by atoms with E-state index in [1.165, 1.54) is 0 Å². The molecule has 96 valence electrons. The molecule has 17 heavy (non-hydrogen) atoms. The Morgan fingerprint density at radius 2 is 1.88 bits per heavy atom. The lowest BCUT2D eigenvalue weighted by atomic mass is 9.96. The highest BCUT2D eigenvalue weighted by molar-refractivity contribution is 5.34. The van der Waals surface area contributed by atoms with Gasteiger partial charge in [0.05, 0.1) is 6.10 Å². The first-order valence-electron chi connectivity index (χ1n) is 5.62. The molecule has 0 saturated carbocycles. The fourth-order valence-corrected chi connectivity index (χ4v) is 1.79. The van der Waals surface area contributed by atoms with E-state index < -0.39 is 18.7 Å². The third-order valence-electron chi connectivity index (χ3n) is 2.94. The van der Waals surface area contributed by atoms with Gasteiger partial charge in [0.1, 0.15) is 0 Å². The molecule has 0 aliphatic carbocycles. The fourth-order valence-electron chi connectivity index (χ4n) is 1.79. The number of aliphatic hydroxyl groups excluding tert-OH is 1. The molecule has 1 aromatic rings. The molecule has 1 rings (SSSR count). The van der Waals surface area contributed by atoms with Crippen molar-refractivity contribution < 1.29 is 18.3 Å². The van der Waals surface area contributed by atoms with Gasteiger partial charge in [0.15, 0.2) is 0 Å². The Hall–Kier alpha value is -1.03. The fraction of sp³-hybridized carbons (Fsp3) is 0.538. The van der Waals surface area contributed by atoms with Crippen LogP contribution in [0.25, 0.3) is 0 Å². The van der Waals surface area contributed by atoms with Crippen LogP contribution >= 0.6 is 0 Å². The molecular formula is C13H17F3O. The Bertz CT molecular complexity index is 371. The molecule has 0 heterocycles. The predicted octanol–water partition coefficient (Wildman–Crippen LogP) is 4.07. The lowest BCUT2D eigenvalue weighted by Crippen LogP contribution is -2.08. The van der Waals surface area contributed by atoms with Gasteiger partial charge >= 0.3 is 6.18 Å². The van der Waals surface area contributed by atoms with Gasteiger partial charge in [0.2, 0.25) is 0 Å². The van der Waals surface area contributed by atoms with Crippen molar-refractivity contribution in [2.75, 3.05) is 0 Å². The van der Waals surface area contributed by atoms with Gasteiger partial charge in [-0.25, -0.2) is 0 Å². The van der Waals surface area contributed by atoms with E-state index in [0.29, 0.717) is 0 Å². The van der Waals surface area contributed by atoms with Crippen LogP contribution in [0, 0.1) is 13.8 Å². The second-order valence-electron chi connectivity index (χ2n) is 4.31. The van der Waals surface area contributed by atoms with Crippen LogP contribution in [-0.2, 0) is 0 Å². The second kappa shape index (κ2) is 5.54. The van der Waals surface area contributed by atoms with Gasteiger partial charge in [0.25, 0.3) is 0 Å². The average Bonchev–Trinajstić information content (AvgIpc) is 2.20. The van der Waals surface area contributed by atoms with E-state index >= 15 is 0 Å². The number of benzene rings is 1. The summed E-state index contributed by atoms with van der Waals surface area (Å²) in [5, 5.41) is 9.86. The van der Waals surface area contributed by atoms with Crippen LogP contribution in [0.5, 0.6) is 0 Å². The Balaban J connectivity index is 2.58. The highest BCUT2D eigenvalue weighted by Gasteiger charge is 2.26. The molecule has 1 unspecified atom stereocenters. The van der Waals surface area contributed by atoms with Crippen molar-refractivity contribution in [1.82, 2.24) is 0 Å². The standard InChI is InChI=1S/C13H17F3O/c1-9-5-3-6-11(10(9)2)12(17)7-4-8-13(14,15)16/h3,5-6,12,17H,4,7-8H2,1-2H3. The van der Waals surface area contributed by atoms with Crippen LogP contribution in [0.3, 0.4) is 0 Å². The van der Waals surface area contributed by atoms with Crippen LogP contribution < -0.4 is 0 Å². The minimum absolute atomic E-state index is 0.0436. The molecule has 1 N–H and O–H groups in total. The number of hydrogen-bond donors (Lipinski definition) is 1. The molecule has 0 bridgehead atoms. The van der Waals surface area contributed by atoms with E-state index in [-0.39, 0.29) is 12.8 Å². The van der Waals surface area contributed by atoms with Crippen molar-refractivity contribution in [3.05, 3.63) is 34.9 Å². The van der Waals surface area contributed by atoms with Gasteiger partial charge in [-0.15, -0.1) is 0 Å². The number of aliphatic hydroxyl groups is 1. The van der Waals surface area contributed by atoms with Crippen molar-refractivity contribution >= 4 is 0 Å². The smallest absolute Gasteiger partial charge is 0.388 e. The Labute approximate surface area is 99.3 Å². The molecule has 1 aromatic carbocycles. The Morgan fingerprint density at radius 3 is 2.47 bits per heavy atom. The lowest BCUT2D eigenvalue weighted by Gasteiger charge is -2.15. The maximum absolute atomic E-state index is 12.0. The zero-order chi connectivity index (χ0) is 13.1. The summed E-state index contributed by atoms with van der Waals surface area (Å²) in [6.45, 7) is 3.79. The summed E-state index contributed by atoms with van der Waals surface area (Å²) in [6.07, 6.45) is -5.68. The molecule has 0 radical (unpaired) electrons. The van der Waals surface area contributed by atoms with Gasteiger partial charge in [-0.3, -0.25) is 0 Å². The summed E-state index contributed by atoms with van der Waals surface area (Å²) in [5.41, 5.74) is 2.72. The number of alkyl halides is 3. The quantitative estimate of drug-likeness (QED) is 0.849. The predicted molar refractivity (Wildman–Crippen MR) is 60.8 cm³/mol. The molecule has 0 spiro atoms. The van der Waals surface area contributed by atoms with Gasteiger partial charge in [-0.2, -0.15) is 13.2 Å². The molecule has 0 aliphatic heterocycles. The van der Waals surface area contributed by atoms with E-state index in [0.717, 1.165) is 16.7 Å². The molecule has 1 nitrogen and oxygen atoms in total. The lowest BCUT2D eigenvalue weighted by molar-refractivity contribution is -0.136. The van der Waals surface area contributed by atoms with E-state index in [1.54, 1.807) is 6.07 Å². The van der Waals surface area contributed by atoms with E-state index in [4.69, 9.17) is 0 Å². The summed E-state index contributed by atoms with van der Waals surface area (Å²) < 4.78 is 35.9. The topological polar surface area (TPSA) is 20.2 Å². The summed E-state index contributed by atoms with van der Waals surface area (Å²) in [4.78, 5) is 0. The first-order valence-corrected chi connectivity index (χ1v) is 5.62. The number of hydrogen-bond acceptors (Lipinski definition) is 1. The highest BCUT2D eigenvalue weighted by atomic mass is 19.4. The number of halogens is 3. The molecule has 0 aliphatic rings. The van der Waals surface area contributed by atoms with Crippen LogP contribution in [-0.4, -0.2) is 11.3 Å². The third kappa shape index (κ3) is 4.38. The summed E-state index contributed by atoms with van der Waals surface area (Å²) in [6, 6.07) is 5.49. The van der Waals surface area contributed by atoms with Crippen molar-refractivity contribution in [3.63, 3.8) is 0 Å². The monoisotopic (exact) mass is 246 g/mol. The summed E-state index contributed by atoms with van der Waals surface area (Å²) >= 11 is 0. The minimum atomic E-state index is -4.14. The zero-order valence-corrected chi connectivity index (χ0v) is 10.0. The number of aryl methyl sites for hydroxylation is 1. The van der Waals surface area contributed by atoms with Crippen molar-refractivity contribution in [3.8, 4) is 0 Å². The first kappa shape index (κ1) is 14.0. The second-order valence-corrected chi connectivity index (χ2v) is 4.31. The SMILES string of the molecule is Cc1cccc(C(O)CCCC(F)(F)F)c1C. The van der Waals surface area contributed by atoms with Crippen LogP contribution in [0.15, 0.2) is 18.2 Å². The highest BCUT2D eigenvalue weighted by Crippen LogP contribution is 2.28. The van der Waals surface area contributed by atoms with Gasteiger partial charge in [-0.05, 0) is 43.4 Å². The Morgan fingerprint density at radius 1 is 1.24 bits per heavy atom. The Kier molecular flexibility index (Phi) is 4.57. The van der Waals surface area contributed by atoms with Crippen LogP contribution in [0.1, 0.15) is 42.1 Å². The molecule has 0 fully saturated rings. The molecular weight excluding hydrogens is 229 g/mol. The largest absolute Gasteiger partial charge is 0.389 e. The maximum Gasteiger partial charge on any atom is 0.389 e. The molecule has 0 amide bonds. The minimum Gasteiger partial charge on any atom is -0.388 e. The summed E-state index contributed by atoms with van der Waals surface area (Å²) in [7, 11) is 0. The zero-order valence-electron chi connectivity index (χ0n) is 10.0. The third-order valence-corrected chi connectivity index (χ3v) is 2.94. The van der Waals surface area contributed by atoms with Crippen molar-refractivity contribution in [2.24, 2.45) is 0 Å². The number of rotatable bonds is 4. The van der Waals surface area contributed by atoms with E-state index in [1.807, 2.05) is 26.0 Å². The first-order chi connectivity index (χ1) is 7.81. The van der Waals surface area contributed by atoms with Crippen molar-refractivity contribution in [1.29, 1.82) is 0 Å². The van der Waals surface area contributed by atoms with Gasteiger partial charge in [-0.1, -0.05) is 18.2 Å². The summed E-state index contributed by atoms with van der Waals surface area (Å²) in [5.74, 6) is 0. The molecule has 0 aromatic heterocycles. The van der Waals surface area contributed by atoms with Gasteiger partial charge < -0.3 is 5.11 Å². The van der Waals surface area contributed by atoms with Crippen molar-refractivity contribution in [2.45, 2.75) is 45.4 Å². The van der Waals surface area contributed by atoms with Crippen LogP contribution in [0.4, 0.5) is 13.2 Å². The van der Waals surface area contributed by atoms with E-state index in [9.17, 15) is 18.3 Å². The van der Waals surface area contributed by atoms with Gasteiger partial charge in [0, 0.05) is 6.42 Å². The molecule has 4 heteroatoms. The normalized spacial score (nSPS) is 13.8.